The minimum Gasteiger partial charge on any atom is -0.368 e. The summed E-state index contributed by atoms with van der Waals surface area (Å²) in [6.45, 7) is 4.41. The molecule has 22 heavy (non-hydrogen) atoms. The molecule has 1 fully saturated rings. The Labute approximate surface area is 133 Å². The van der Waals surface area contributed by atoms with Crippen LogP contribution in [0.4, 0.5) is 5.82 Å². The number of aromatic nitrogens is 3. The summed E-state index contributed by atoms with van der Waals surface area (Å²) in [5, 5.41) is 3.23. The average molecular weight is 317 g/mol. The van der Waals surface area contributed by atoms with Gasteiger partial charge in [-0.15, -0.1) is 11.3 Å². The summed E-state index contributed by atoms with van der Waals surface area (Å²) < 4.78 is 0. The number of nitrogens with zero attached hydrogens (tertiary/aromatic N) is 4. The number of hydrogen-bond acceptors (Lipinski definition) is 6. The molecule has 0 unspecified atom stereocenters. The molecule has 0 aliphatic carbocycles. The highest BCUT2D eigenvalue weighted by molar-refractivity contribution is 7.09. The van der Waals surface area contributed by atoms with Gasteiger partial charge in [-0.25, -0.2) is 9.97 Å². The highest BCUT2D eigenvalue weighted by atomic mass is 32.1. The van der Waals surface area contributed by atoms with Crippen LogP contribution in [0.3, 0.4) is 0 Å². The van der Waals surface area contributed by atoms with Crippen LogP contribution < -0.4 is 5.32 Å². The molecule has 3 rings (SSSR count). The van der Waals surface area contributed by atoms with Gasteiger partial charge in [0.25, 0.3) is 5.91 Å². The zero-order chi connectivity index (χ0) is 15.4. The Morgan fingerprint density at radius 2 is 2.18 bits per heavy atom. The molecule has 2 aromatic heterocycles. The normalized spacial score (nSPS) is 14.3. The number of aryl methyl sites for hydroxylation is 1. The molecule has 0 bridgehead atoms. The van der Waals surface area contributed by atoms with Crippen LogP contribution in [-0.4, -0.2) is 45.4 Å². The zero-order valence-corrected chi connectivity index (χ0v) is 13.4. The molecule has 7 heteroatoms. The first kappa shape index (κ1) is 14.9. The first-order chi connectivity index (χ1) is 10.7. The van der Waals surface area contributed by atoms with E-state index in [0.29, 0.717) is 11.5 Å². The monoisotopic (exact) mass is 317 g/mol. The lowest BCUT2D eigenvalue weighted by molar-refractivity contribution is 0.0786. The van der Waals surface area contributed by atoms with Gasteiger partial charge in [-0.2, -0.15) is 0 Å². The maximum Gasteiger partial charge on any atom is 0.274 e. The molecule has 1 amide bonds. The Kier molecular flexibility index (Phi) is 4.62. The fourth-order valence-corrected chi connectivity index (χ4v) is 3.29. The molecule has 0 atom stereocenters. The Bertz CT molecular complexity index is 651. The highest BCUT2D eigenvalue weighted by Crippen LogP contribution is 2.14. The first-order valence-electron chi connectivity index (χ1n) is 7.48. The van der Waals surface area contributed by atoms with Gasteiger partial charge in [-0.3, -0.25) is 9.78 Å². The van der Waals surface area contributed by atoms with Gasteiger partial charge in [-0.05, 0) is 19.8 Å². The summed E-state index contributed by atoms with van der Waals surface area (Å²) in [6.07, 6.45) is 6.23. The van der Waals surface area contributed by atoms with E-state index in [-0.39, 0.29) is 5.91 Å². The van der Waals surface area contributed by atoms with Crippen molar-refractivity contribution >= 4 is 23.1 Å². The van der Waals surface area contributed by atoms with Crippen molar-refractivity contribution in [3.8, 4) is 0 Å². The van der Waals surface area contributed by atoms with Crippen molar-refractivity contribution in [3.05, 3.63) is 34.2 Å². The Morgan fingerprint density at radius 3 is 2.91 bits per heavy atom. The van der Waals surface area contributed by atoms with Crippen LogP contribution in [0.15, 0.2) is 17.9 Å². The first-order valence-corrected chi connectivity index (χ1v) is 8.36. The lowest BCUT2D eigenvalue weighted by Crippen LogP contribution is -2.28. The predicted octanol–water partition coefficient (Wildman–Crippen LogP) is 2.13. The molecular weight excluding hydrogens is 298 g/mol. The molecule has 0 saturated carbocycles. The van der Waals surface area contributed by atoms with E-state index >= 15 is 0 Å². The molecule has 0 aromatic carbocycles. The summed E-state index contributed by atoms with van der Waals surface area (Å²) in [5.74, 6) is 0.624. The van der Waals surface area contributed by atoms with E-state index in [1.54, 1.807) is 23.7 Å². The van der Waals surface area contributed by atoms with Crippen LogP contribution in [0.1, 0.15) is 33.9 Å². The van der Waals surface area contributed by atoms with E-state index < -0.39 is 0 Å². The maximum atomic E-state index is 12.3. The minimum absolute atomic E-state index is 0.0213. The summed E-state index contributed by atoms with van der Waals surface area (Å²) in [5.41, 5.74) is 3.36. The minimum atomic E-state index is -0.0213. The standard InChI is InChI=1S/C15H19N5OS/c1-11-13(22-10-18-11)4-5-17-14-9-16-8-12(19-14)15(21)20-6-2-3-7-20/h8-10H,2-7H2,1H3,(H,17,19). The third-order valence-corrected chi connectivity index (χ3v) is 4.74. The smallest absolute Gasteiger partial charge is 0.274 e. The number of rotatable bonds is 5. The highest BCUT2D eigenvalue weighted by Gasteiger charge is 2.20. The number of carbonyl (C=O) groups is 1. The third-order valence-electron chi connectivity index (χ3n) is 3.75. The lowest BCUT2D eigenvalue weighted by atomic mass is 10.3. The Morgan fingerprint density at radius 1 is 1.36 bits per heavy atom. The zero-order valence-electron chi connectivity index (χ0n) is 12.6. The molecule has 1 N–H and O–H groups in total. The number of hydrogen-bond donors (Lipinski definition) is 1. The molecule has 6 nitrogen and oxygen atoms in total. The van der Waals surface area contributed by atoms with Gasteiger partial charge in [0.1, 0.15) is 11.5 Å². The van der Waals surface area contributed by atoms with Crippen molar-refractivity contribution in [1.82, 2.24) is 19.9 Å². The van der Waals surface area contributed by atoms with Crippen molar-refractivity contribution in [1.29, 1.82) is 0 Å². The van der Waals surface area contributed by atoms with Gasteiger partial charge in [0.15, 0.2) is 0 Å². The maximum absolute atomic E-state index is 12.3. The largest absolute Gasteiger partial charge is 0.368 e. The fraction of sp³-hybridized carbons (Fsp3) is 0.467. The van der Waals surface area contributed by atoms with Crippen LogP contribution in [0.5, 0.6) is 0 Å². The van der Waals surface area contributed by atoms with Crippen LogP contribution >= 0.6 is 11.3 Å². The second kappa shape index (κ2) is 6.83. The molecule has 1 aliphatic heterocycles. The molecule has 1 aliphatic rings. The van der Waals surface area contributed by atoms with Gasteiger partial charge < -0.3 is 10.2 Å². The number of likely N-dealkylation sites (tertiary alicyclic amines) is 1. The summed E-state index contributed by atoms with van der Waals surface area (Å²) >= 11 is 1.66. The van der Waals surface area contributed by atoms with E-state index in [1.165, 1.54) is 4.88 Å². The van der Waals surface area contributed by atoms with Crippen molar-refractivity contribution < 1.29 is 4.79 Å². The number of carbonyl (C=O) groups excluding carboxylic acids is 1. The molecule has 0 spiro atoms. The molecule has 2 aromatic rings. The SMILES string of the molecule is Cc1ncsc1CCNc1cncc(C(=O)N2CCCC2)n1. The fourth-order valence-electron chi connectivity index (χ4n) is 2.51. The number of nitrogens with one attached hydrogen (secondary N) is 1. The number of anilines is 1. The average Bonchev–Trinajstić information content (AvgIpc) is 3.19. The number of thiazole rings is 1. The van der Waals surface area contributed by atoms with Gasteiger partial charge in [-0.1, -0.05) is 0 Å². The van der Waals surface area contributed by atoms with Gasteiger partial charge in [0.2, 0.25) is 0 Å². The van der Waals surface area contributed by atoms with E-state index in [0.717, 1.165) is 44.6 Å². The summed E-state index contributed by atoms with van der Waals surface area (Å²) in [6, 6.07) is 0. The lowest BCUT2D eigenvalue weighted by Gasteiger charge is -2.14. The van der Waals surface area contributed by atoms with Crippen LogP contribution in [-0.2, 0) is 6.42 Å². The van der Waals surface area contributed by atoms with Gasteiger partial charge in [0, 0.05) is 30.9 Å². The van der Waals surface area contributed by atoms with Crippen LogP contribution in [0, 0.1) is 6.92 Å². The summed E-state index contributed by atoms with van der Waals surface area (Å²) in [4.78, 5) is 28.1. The van der Waals surface area contributed by atoms with Crippen LogP contribution in [0.2, 0.25) is 0 Å². The van der Waals surface area contributed by atoms with E-state index in [1.807, 2.05) is 17.3 Å². The Hall–Kier alpha value is -2.02. The van der Waals surface area contributed by atoms with E-state index in [9.17, 15) is 4.79 Å². The Balaban J connectivity index is 1.59. The topological polar surface area (TPSA) is 71.0 Å². The van der Waals surface area contributed by atoms with E-state index in [4.69, 9.17) is 0 Å². The van der Waals surface area contributed by atoms with Crippen LogP contribution in [0.25, 0.3) is 0 Å². The van der Waals surface area contributed by atoms with Crippen molar-refractivity contribution in [3.63, 3.8) is 0 Å². The molecule has 1 saturated heterocycles. The molecular formula is C15H19N5OS. The second-order valence-electron chi connectivity index (χ2n) is 5.33. The quantitative estimate of drug-likeness (QED) is 0.915. The summed E-state index contributed by atoms with van der Waals surface area (Å²) in [7, 11) is 0. The van der Waals surface area contributed by atoms with Gasteiger partial charge >= 0.3 is 0 Å². The van der Waals surface area contributed by atoms with Gasteiger partial charge in [0.05, 0.1) is 23.6 Å². The van der Waals surface area contributed by atoms with Crippen molar-refractivity contribution in [2.24, 2.45) is 0 Å². The molecule has 116 valence electrons. The second-order valence-corrected chi connectivity index (χ2v) is 6.27. The third kappa shape index (κ3) is 3.41. The number of amides is 1. The predicted molar refractivity (Wildman–Crippen MR) is 86.2 cm³/mol. The van der Waals surface area contributed by atoms with Crippen molar-refractivity contribution in [2.45, 2.75) is 26.2 Å². The molecule has 0 radical (unpaired) electrons. The van der Waals surface area contributed by atoms with E-state index in [2.05, 4.69) is 20.3 Å². The van der Waals surface area contributed by atoms with Crippen molar-refractivity contribution in [2.75, 3.05) is 25.0 Å². The molecule has 3 heterocycles.